The Balaban J connectivity index is 1.66. The Morgan fingerprint density at radius 2 is 1.68 bits per heavy atom. The van der Waals surface area contributed by atoms with Gasteiger partial charge in [-0.25, -0.2) is 0 Å². The lowest BCUT2D eigenvalue weighted by atomic mass is 10.0. The highest BCUT2D eigenvalue weighted by molar-refractivity contribution is 5.95. The van der Waals surface area contributed by atoms with Crippen LogP contribution in [0.1, 0.15) is 59.3 Å². The third-order valence-electron chi connectivity index (χ3n) is 5.09. The quantitative estimate of drug-likeness (QED) is 0.871. The number of carbonyl (C=O) groups excluding carboxylic acids is 1. The number of benzene rings is 2. The Bertz CT molecular complexity index is 730. The van der Waals surface area contributed by atoms with Crippen molar-refractivity contribution >= 4 is 11.6 Å². The molecule has 3 heteroatoms. The van der Waals surface area contributed by atoms with E-state index in [0.717, 1.165) is 29.8 Å². The number of hydrogen-bond acceptors (Lipinski definition) is 2. The predicted octanol–water partition coefficient (Wildman–Crippen LogP) is 4.78. The monoisotopic (exact) mass is 336 g/mol. The summed E-state index contributed by atoms with van der Waals surface area (Å²) in [4.78, 5) is 15.0. The molecule has 0 unspecified atom stereocenters. The number of rotatable bonds is 4. The van der Waals surface area contributed by atoms with Gasteiger partial charge in [0.2, 0.25) is 0 Å². The van der Waals surface area contributed by atoms with Crippen LogP contribution in [0.3, 0.4) is 0 Å². The Morgan fingerprint density at radius 3 is 2.32 bits per heavy atom. The van der Waals surface area contributed by atoms with Crippen molar-refractivity contribution < 1.29 is 4.79 Å². The highest BCUT2D eigenvalue weighted by Crippen LogP contribution is 2.23. The minimum atomic E-state index is -0.0105. The lowest BCUT2D eigenvalue weighted by molar-refractivity contribution is 0.0939. The molecular weight excluding hydrogens is 308 g/mol. The minimum absolute atomic E-state index is 0.00916. The van der Waals surface area contributed by atoms with Gasteiger partial charge >= 0.3 is 0 Å². The first-order chi connectivity index (χ1) is 12.0. The summed E-state index contributed by atoms with van der Waals surface area (Å²) in [7, 11) is 0. The molecule has 1 aliphatic heterocycles. The van der Waals surface area contributed by atoms with E-state index in [1.807, 2.05) is 39.0 Å². The maximum Gasteiger partial charge on any atom is 0.252 e. The van der Waals surface area contributed by atoms with Crippen molar-refractivity contribution in [3.8, 4) is 0 Å². The second-order valence-electron chi connectivity index (χ2n) is 7.15. The summed E-state index contributed by atoms with van der Waals surface area (Å²) < 4.78 is 0. The molecule has 132 valence electrons. The molecule has 0 saturated carbocycles. The summed E-state index contributed by atoms with van der Waals surface area (Å²) in [5.41, 5.74) is 5.37. The van der Waals surface area contributed by atoms with Crippen LogP contribution in [0, 0.1) is 13.8 Å². The van der Waals surface area contributed by atoms with Gasteiger partial charge in [-0.2, -0.15) is 0 Å². The summed E-state index contributed by atoms with van der Waals surface area (Å²) in [6.45, 7) is 8.37. The van der Waals surface area contributed by atoms with Crippen molar-refractivity contribution in [2.75, 3.05) is 18.0 Å². The van der Waals surface area contributed by atoms with Gasteiger partial charge < -0.3 is 10.2 Å². The van der Waals surface area contributed by atoms with Gasteiger partial charge in [-0.3, -0.25) is 4.79 Å². The molecule has 1 atom stereocenters. The number of carbonyl (C=O) groups is 1. The van der Waals surface area contributed by atoms with Crippen LogP contribution in [0.4, 0.5) is 5.69 Å². The normalized spacial score (nSPS) is 15.7. The lowest BCUT2D eigenvalue weighted by Crippen LogP contribution is -2.29. The smallest absolute Gasteiger partial charge is 0.252 e. The van der Waals surface area contributed by atoms with E-state index in [1.54, 1.807) is 0 Å². The standard InChI is InChI=1S/C22H28N2O/c1-16-7-12-21(17(2)15-16)22(25)23-18(3)19-8-10-20(11-9-19)24-13-5-4-6-14-24/h7-12,15,18H,4-6,13-14H2,1-3H3,(H,23,25)/t18-/m1/s1. The van der Waals surface area contributed by atoms with Gasteiger partial charge in [0.1, 0.15) is 0 Å². The van der Waals surface area contributed by atoms with Crippen molar-refractivity contribution in [2.45, 2.75) is 46.1 Å². The van der Waals surface area contributed by atoms with Crippen molar-refractivity contribution in [1.82, 2.24) is 5.32 Å². The molecule has 1 N–H and O–H groups in total. The van der Waals surface area contributed by atoms with Crippen LogP contribution in [0.15, 0.2) is 42.5 Å². The summed E-state index contributed by atoms with van der Waals surface area (Å²) >= 11 is 0. The van der Waals surface area contributed by atoms with Crippen LogP contribution >= 0.6 is 0 Å². The third kappa shape index (κ3) is 4.22. The fourth-order valence-electron chi connectivity index (χ4n) is 3.55. The molecule has 25 heavy (non-hydrogen) atoms. The molecule has 1 aliphatic rings. The van der Waals surface area contributed by atoms with Crippen LogP contribution in [0.25, 0.3) is 0 Å². The highest BCUT2D eigenvalue weighted by Gasteiger charge is 2.15. The van der Waals surface area contributed by atoms with Gasteiger partial charge in [0.25, 0.3) is 5.91 Å². The molecule has 1 heterocycles. The van der Waals surface area contributed by atoms with Crippen LogP contribution in [-0.4, -0.2) is 19.0 Å². The minimum Gasteiger partial charge on any atom is -0.372 e. The second kappa shape index (κ2) is 7.73. The Kier molecular flexibility index (Phi) is 5.42. The Morgan fingerprint density at radius 1 is 1.00 bits per heavy atom. The molecule has 1 saturated heterocycles. The van der Waals surface area contributed by atoms with E-state index in [2.05, 4.69) is 34.5 Å². The van der Waals surface area contributed by atoms with Gasteiger partial charge in [-0.1, -0.05) is 29.8 Å². The molecule has 3 nitrogen and oxygen atoms in total. The SMILES string of the molecule is Cc1ccc(C(=O)N[C@H](C)c2ccc(N3CCCCC3)cc2)c(C)c1. The van der Waals surface area contributed by atoms with E-state index in [9.17, 15) is 4.79 Å². The van der Waals surface area contributed by atoms with Crippen molar-refractivity contribution in [3.05, 3.63) is 64.7 Å². The predicted molar refractivity (Wildman–Crippen MR) is 104 cm³/mol. The van der Waals surface area contributed by atoms with Crippen molar-refractivity contribution in [2.24, 2.45) is 0 Å². The number of amides is 1. The fraction of sp³-hybridized carbons (Fsp3) is 0.409. The molecule has 0 bridgehead atoms. The molecule has 2 aromatic carbocycles. The largest absolute Gasteiger partial charge is 0.372 e. The summed E-state index contributed by atoms with van der Waals surface area (Å²) in [5.74, 6) is -0.00916. The number of aryl methyl sites for hydroxylation is 2. The van der Waals surface area contributed by atoms with Gasteiger partial charge in [-0.15, -0.1) is 0 Å². The van der Waals surface area contributed by atoms with E-state index >= 15 is 0 Å². The van der Waals surface area contributed by atoms with E-state index in [0.29, 0.717) is 0 Å². The molecule has 0 spiro atoms. The number of anilines is 1. The van der Waals surface area contributed by atoms with Crippen molar-refractivity contribution in [1.29, 1.82) is 0 Å². The molecule has 1 amide bonds. The van der Waals surface area contributed by atoms with Crippen LogP contribution < -0.4 is 10.2 Å². The molecule has 0 aromatic heterocycles. The van der Waals surface area contributed by atoms with E-state index in [-0.39, 0.29) is 11.9 Å². The van der Waals surface area contributed by atoms with Gasteiger partial charge in [-0.05, 0) is 69.4 Å². The maximum absolute atomic E-state index is 12.6. The third-order valence-corrected chi connectivity index (χ3v) is 5.09. The molecule has 0 aliphatic carbocycles. The zero-order valence-electron chi connectivity index (χ0n) is 15.5. The highest BCUT2D eigenvalue weighted by atomic mass is 16.1. The summed E-state index contributed by atoms with van der Waals surface area (Å²) in [6.07, 6.45) is 3.91. The zero-order valence-corrected chi connectivity index (χ0v) is 15.5. The topological polar surface area (TPSA) is 32.3 Å². The first-order valence-electron chi connectivity index (χ1n) is 9.27. The molecule has 1 fully saturated rings. The number of hydrogen-bond donors (Lipinski definition) is 1. The van der Waals surface area contributed by atoms with Crippen LogP contribution in [0.5, 0.6) is 0 Å². The average molecular weight is 336 g/mol. The van der Waals surface area contributed by atoms with E-state index in [1.165, 1.54) is 30.5 Å². The molecular formula is C22H28N2O. The van der Waals surface area contributed by atoms with Gasteiger partial charge in [0.15, 0.2) is 0 Å². The number of piperidine rings is 1. The molecule has 2 aromatic rings. The summed E-state index contributed by atoms with van der Waals surface area (Å²) in [6, 6.07) is 14.6. The first-order valence-corrected chi connectivity index (χ1v) is 9.27. The fourth-order valence-corrected chi connectivity index (χ4v) is 3.55. The number of nitrogens with one attached hydrogen (secondary N) is 1. The molecule has 3 rings (SSSR count). The second-order valence-corrected chi connectivity index (χ2v) is 7.15. The van der Waals surface area contributed by atoms with E-state index < -0.39 is 0 Å². The maximum atomic E-state index is 12.6. The van der Waals surface area contributed by atoms with Crippen LogP contribution in [0.2, 0.25) is 0 Å². The van der Waals surface area contributed by atoms with Crippen LogP contribution in [-0.2, 0) is 0 Å². The Labute approximate surface area is 151 Å². The first kappa shape index (κ1) is 17.5. The summed E-state index contributed by atoms with van der Waals surface area (Å²) in [5, 5.41) is 3.12. The number of nitrogens with zero attached hydrogens (tertiary/aromatic N) is 1. The average Bonchev–Trinajstić information content (AvgIpc) is 2.62. The van der Waals surface area contributed by atoms with Gasteiger partial charge in [0, 0.05) is 24.3 Å². The zero-order chi connectivity index (χ0) is 17.8. The lowest BCUT2D eigenvalue weighted by Gasteiger charge is -2.29. The van der Waals surface area contributed by atoms with E-state index in [4.69, 9.17) is 0 Å². The Hall–Kier alpha value is -2.29. The van der Waals surface area contributed by atoms with Crippen molar-refractivity contribution in [3.63, 3.8) is 0 Å². The molecule has 0 radical (unpaired) electrons. The van der Waals surface area contributed by atoms with Gasteiger partial charge in [0.05, 0.1) is 6.04 Å².